The molecule has 0 rings (SSSR count). The molecule has 4 heteroatoms. The summed E-state index contributed by atoms with van der Waals surface area (Å²) < 4.78 is 0. The molecule has 0 atom stereocenters. The average Bonchev–Trinajstić information content (AvgIpc) is 0. The summed E-state index contributed by atoms with van der Waals surface area (Å²) in [7, 11) is 0. The fourth-order valence-electron chi connectivity index (χ4n) is 0. The first-order valence-electron chi connectivity index (χ1n) is 0. The zero-order chi connectivity index (χ0) is 0. The third-order valence-corrected chi connectivity index (χ3v) is 0. The molecule has 0 amide bonds. The SMILES string of the molecule is B.[AlH3].[Ti].[V]. The second-order valence-corrected chi connectivity index (χ2v) is 0. The van der Waals surface area contributed by atoms with Gasteiger partial charge in [-0.15, -0.1) is 0 Å². The van der Waals surface area contributed by atoms with Gasteiger partial charge in [0.05, 0.1) is 8.41 Å². The molecule has 0 saturated heterocycles. The van der Waals surface area contributed by atoms with Crippen LogP contribution in [0, 0.1) is 0 Å². The van der Waals surface area contributed by atoms with Crippen molar-refractivity contribution in [1.29, 1.82) is 0 Å². The van der Waals surface area contributed by atoms with Crippen molar-refractivity contribution in [3.8, 4) is 0 Å². The first-order chi connectivity index (χ1) is 0. The molecule has 4 heavy (non-hydrogen) atoms. The Balaban J connectivity index is 0. The third-order valence-electron chi connectivity index (χ3n) is 0. The minimum Gasteiger partial charge on any atom is 0 e. The van der Waals surface area contributed by atoms with Gasteiger partial charge in [-0.3, -0.25) is 0 Å². The molecule has 0 bridgehead atoms. The van der Waals surface area contributed by atoms with E-state index in [2.05, 4.69) is 0 Å². The first kappa shape index (κ1) is 39.3. The Bertz CT molecular complexity index is 8.00. The standard InChI is InChI=1S/Al.BH3.Ti.V.3H/h;1H3;;;;;. The zero-order valence-electron chi connectivity index (χ0n) is 0.947. The molecule has 0 N–H and O–H groups in total. The van der Waals surface area contributed by atoms with Crippen LogP contribution in [0.5, 0.6) is 0 Å². The molecular weight excluding hydrogens is 137 g/mol. The molecule has 0 aromatic heterocycles. The Labute approximate surface area is 65.6 Å². The molecule has 0 fully saturated rings. The van der Waals surface area contributed by atoms with Crippen LogP contribution in [-0.4, -0.2) is 25.8 Å². The molecule has 1 radical (unpaired) electrons. The molecule has 0 spiro atoms. The Morgan fingerprint density at radius 1 is 1.00 bits per heavy atom. The second kappa shape index (κ2) is 20.7. The Hall–Kier alpha value is 1.90. The fraction of sp³-hybridized carbons (Fsp3) is 0. The summed E-state index contributed by atoms with van der Waals surface area (Å²) in [4.78, 5) is 0. The van der Waals surface area contributed by atoms with Gasteiger partial charge in [0.15, 0.2) is 17.4 Å². The van der Waals surface area contributed by atoms with Crippen LogP contribution < -0.4 is 0 Å². The zero-order valence-corrected chi connectivity index (χ0v) is 3.91. The van der Waals surface area contributed by atoms with Gasteiger partial charge in [0.1, 0.15) is 0 Å². The average molecular weight is 143 g/mol. The minimum absolute atomic E-state index is 0. The van der Waals surface area contributed by atoms with Gasteiger partial charge in [-0.05, 0) is 0 Å². The summed E-state index contributed by atoms with van der Waals surface area (Å²) in [6, 6.07) is 0. The van der Waals surface area contributed by atoms with E-state index in [0.717, 1.165) is 0 Å². The first-order valence-corrected chi connectivity index (χ1v) is 0. The van der Waals surface area contributed by atoms with E-state index in [-0.39, 0.29) is 66.0 Å². The number of rotatable bonds is 0. The molecule has 0 unspecified atom stereocenters. The van der Waals surface area contributed by atoms with Crippen molar-refractivity contribution in [3.63, 3.8) is 0 Å². The van der Waals surface area contributed by atoms with Crippen molar-refractivity contribution < 1.29 is 40.3 Å². The summed E-state index contributed by atoms with van der Waals surface area (Å²) in [5.41, 5.74) is 0. The van der Waals surface area contributed by atoms with Crippen molar-refractivity contribution in [1.82, 2.24) is 0 Å². The van der Waals surface area contributed by atoms with Gasteiger partial charge in [0.2, 0.25) is 0 Å². The van der Waals surface area contributed by atoms with E-state index in [9.17, 15) is 0 Å². The van der Waals surface area contributed by atoms with E-state index in [0.29, 0.717) is 0 Å². The van der Waals surface area contributed by atoms with Crippen LogP contribution in [-0.2, 0) is 40.3 Å². The van der Waals surface area contributed by atoms with Crippen LogP contribution in [0.25, 0.3) is 0 Å². The van der Waals surface area contributed by atoms with Crippen LogP contribution in [0.3, 0.4) is 0 Å². The normalized spacial score (nSPS) is 0. The van der Waals surface area contributed by atoms with Gasteiger partial charge in [0.25, 0.3) is 0 Å². The molecule has 21 valence electrons. The summed E-state index contributed by atoms with van der Waals surface area (Å²) in [6.45, 7) is 0. The van der Waals surface area contributed by atoms with E-state index in [1.165, 1.54) is 0 Å². The molecule has 0 aromatic carbocycles. The monoisotopic (exact) mass is 143 g/mol. The van der Waals surface area contributed by atoms with Crippen molar-refractivity contribution in [2.75, 3.05) is 0 Å². The minimum atomic E-state index is 0. The predicted molar refractivity (Wildman–Crippen MR) is 19.9 cm³/mol. The van der Waals surface area contributed by atoms with Gasteiger partial charge in [-0.2, -0.15) is 0 Å². The topological polar surface area (TPSA) is 0 Å². The van der Waals surface area contributed by atoms with Crippen LogP contribution in [0.4, 0.5) is 0 Å². The molecule has 0 aliphatic carbocycles. The maximum absolute atomic E-state index is 0. The largest absolute Gasteiger partial charge is 0.187 e. The van der Waals surface area contributed by atoms with Crippen molar-refractivity contribution in [2.45, 2.75) is 0 Å². The molecule has 0 nitrogen and oxygen atoms in total. The van der Waals surface area contributed by atoms with Crippen LogP contribution in [0.2, 0.25) is 0 Å². The van der Waals surface area contributed by atoms with E-state index < -0.39 is 0 Å². The van der Waals surface area contributed by atoms with Crippen LogP contribution >= 0.6 is 0 Å². The number of hydrogen-bond acceptors (Lipinski definition) is 0. The summed E-state index contributed by atoms with van der Waals surface area (Å²) >= 11 is 0. The van der Waals surface area contributed by atoms with Gasteiger partial charge in [-0.1, -0.05) is 0 Å². The molecule has 0 aliphatic rings. The number of hydrogen-bond donors (Lipinski definition) is 0. The van der Waals surface area contributed by atoms with Gasteiger partial charge in [0, 0.05) is 40.3 Å². The van der Waals surface area contributed by atoms with E-state index in [4.69, 9.17) is 0 Å². The Morgan fingerprint density at radius 3 is 1.00 bits per heavy atom. The van der Waals surface area contributed by atoms with Gasteiger partial charge in [-0.25, -0.2) is 0 Å². The van der Waals surface area contributed by atoms with Crippen molar-refractivity contribution in [3.05, 3.63) is 0 Å². The smallest absolute Gasteiger partial charge is 0 e. The molecule has 0 heterocycles. The molecular formula is H6AlBTiV. The van der Waals surface area contributed by atoms with Crippen LogP contribution in [0.1, 0.15) is 0 Å². The summed E-state index contributed by atoms with van der Waals surface area (Å²) in [6.07, 6.45) is 0. The summed E-state index contributed by atoms with van der Waals surface area (Å²) in [5, 5.41) is 0. The van der Waals surface area contributed by atoms with Gasteiger partial charge >= 0.3 is 0 Å². The molecule has 0 aromatic rings. The molecule has 0 aliphatic heterocycles. The van der Waals surface area contributed by atoms with E-state index >= 15 is 0 Å². The van der Waals surface area contributed by atoms with Crippen molar-refractivity contribution >= 4 is 25.8 Å². The summed E-state index contributed by atoms with van der Waals surface area (Å²) in [5.74, 6) is 0. The van der Waals surface area contributed by atoms with Crippen LogP contribution in [0.15, 0.2) is 0 Å². The maximum Gasteiger partial charge on any atom is 0.187 e. The van der Waals surface area contributed by atoms with Crippen molar-refractivity contribution in [2.24, 2.45) is 0 Å². The van der Waals surface area contributed by atoms with E-state index in [1.807, 2.05) is 0 Å². The third kappa shape index (κ3) is 9.09. The van der Waals surface area contributed by atoms with E-state index in [1.54, 1.807) is 0 Å². The Kier molecular flexibility index (Phi) is 203. The Morgan fingerprint density at radius 2 is 1.00 bits per heavy atom. The quantitative estimate of drug-likeness (QED) is 0.332. The molecule has 0 saturated carbocycles. The predicted octanol–water partition coefficient (Wildman–Crippen LogP) is -2.37. The second-order valence-electron chi connectivity index (χ2n) is 0. The fourth-order valence-corrected chi connectivity index (χ4v) is 0. The van der Waals surface area contributed by atoms with Gasteiger partial charge < -0.3 is 0 Å². The maximum atomic E-state index is 0.